The summed E-state index contributed by atoms with van der Waals surface area (Å²) in [6.45, 7) is 6.33. The van der Waals surface area contributed by atoms with E-state index < -0.39 is 5.97 Å². The molecule has 2 aromatic rings. The van der Waals surface area contributed by atoms with Crippen LogP contribution in [0.3, 0.4) is 0 Å². The van der Waals surface area contributed by atoms with Gasteiger partial charge in [-0.2, -0.15) is 0 Å². The predicted octanol–water partition coefficient (Wildman–Crippen LogP) is 6.08. The number of fused-ring (bicyclic) bond motifs is 1. The van der Waals surface area contributed by atoms with Crippen molar-refractivity contribution in [3.63, 3.8) is 0 Å². The average molecular weight is 366 g/mol. The van der Waals surface area contributed by atoms with Crippen molar-refractivity contribution in [2.45, 2.75) is 62.5 Å². The molecule has 0 amide bonds. The molecule has 1 N–H and O–H groups in total. The molecule has 5 heteroatoms. The second-order valence-corrected chi connectivity index (χ2v) is 8.95. The van der Waals surface area contributed by atoms with Gasteiger partial charge >= 0.3 is 5.97 Å². The van der Waals surface area contributed by atoms with Crippen LogP contribution in [0.1, 0.15) is 52.9 Å². The van der Waals surface area contributed by atoms with Crippen LogP contribution in [0.25, 0.3) is 10.2 Å². The number of hydrogen-bond donors (Lipinski definition) is 1. The van der Waals surface area contributed by atoms with Crippen molar-refractivity contribution in [1.82, 2.24) is 4.98 Å². The molecule has 0 radical (unpaired) electrons. The van der Waals surface area contributed by atoms with Crippen LogP contribution in [0.5, 0.6) is 0 Å². The molecule has 0 spiro atoms. The minimum atomic E-state index is -0.667. The van der Waals surface area contributed by atoms with Crippen molar-refractivity contribution >= 4 is 39.3 Å². The number of para-hydroxylation sites is 1. The summed E-state index contributed by atoms with van der Waals surface area (Å²) in [5.41, 5.74) is 0.999. The zero-order valence-corrected chi connectivity index (χ0v) is 16.3. The maximum absolute atomic E-state index is 11.9. The lowest BCUT2D eigenvalue weighted by molar-refractivity contribution is -0.143. The minimum absolute atomic E-state index is 0.0228. The highest BCUT2D eigenvalue weighted by molar-refractivity contribution is 8.01. The lowest BCUT2D eigenvalue weighted by atomic mass is 9.84. The van der Waals surface area contributed by atoms with Gasteiger partial charge in [-0.3, -0.25) is 4.79 Å². The summed E-state index contributed by atoms with van der Waals surface area (Å²) < 4.78 is 2.13. The number of nitrogens with zero attached hydrogens (tertiary/aromatic N) is 1. The molecular formula is C19H27NO2S2. The largest absolute Gasteiger partial charge is 0.481 e. The Kier molecular flexibility index (Phi) is 7.56. The Labute approximate surface area is 152 Å². The Hall–Kier alpha value is -1.07. The molecule has 0 fully saturated rings. The molecule has 3 unspecified atom stereocenters. The molecule has 1 aromatic heterocycles. The fourth-order valence-electron chi connectivity index (χ4n) is 3.21. The topological polar surface area (TPSA) is 50.2 Å². The van der Waals surface area contributed by atoms with E-state index in [0.29, 0.717) is 0 Å². The summed E-state index contributed by atoms with van der Waals surface area (Å²) in [7, 11) is 0. The second-order valence-electron chi connectivity index (χ2n) is 6.30. The zero-order valence-electron chi connectivity index (χ0n) is 14.7. The van der Waals surface area contributed by atoms with Crippen LogP contribution in [-0.4, -0.2) is 21.3 Å². The summed E-state index contributed by atoms with van der Waals surface area (Å²) in [6, 6.07) is 8.07. The fraction of sp³-hybridized carbons (Fsp3) is 0.579. The van der Waals surface area contributed by atoms with Crippen molar-refractivity contribution in [3.8, 4) is 0 Å². The molecule has 0 aliphatic carbocycles. The summed E-state index contributed by atoms with van der Waals surface area (Å²) >= 11 is 3.27. The first-order chi connectivity index (χ1) is 11.6. The number of carboxylic acids is 1. The predicted molar refractivity (Wildman–Crippen MR) is 104 cm³/mol. The van der Waals surface area contributed by atoms with Gasteiger partial charge in [0, 0.05) is 5.25 Å². The highest BCUT2D eigenvalue weighted by atomic mass is 32.2. The smallest absolute Gasteiger partial charge is 0.307 e. The number of thiazole rings is 1. The van der Waals surface area contributed by atoms with Crippen molar-refractivity contribution in [1.29, 1.82) is 0 Å². The first kappa shape index (κ1) is 19.3. The van der Waals surface area contributed by atoms with Crippen molar-refractivity contribution < 1.29 is 9.90 Å². The van der Waals surface area contributed by atoms with Gasteiger partial charge in [0.25, 0.3) is 0 Å². The molecule has 3 nitrogen and oxygen atoms in total. The number of carbonyl (C=O) groups is 1. The van der Waals surface area contributed by atoms with E-state index in [1.54, 1.807) is 23.1 Å². The standard InChI is InChI=1S/C19H27NO2S2/c1-4-6-7-10-14(5-2)17(18(21)22)13(3)23-19-20-15-11-8-9-12-16(15)24-19/h8-9,11-14,17H,4-7,10H2,1-3H3,(H,21,22). The summed E-state index contributed by atoms with van der Waals surface area (Å²) in [4.78, 5) is 16.5. The molecule has 24 heavy (non-hydrogen) atoms. The Balaban J connectivity index is 2.09. The van der Waals surface area contributed by atoms with E-state index in [9.17, 15) is 9.90 Å². The molecule has 0 bridgehead atoms. The molecule has 2 rings (SSSR count). The van der Waals surface area contributed by atoms with E-state index in [2.05, 4.69) is 24.9 Å². The van der Waals surface area contributed by atoms with E-state index in [1.807, 2.05) is 25.1 Å². The quantitative estimate of drug-likeness (QED) is 0.409. The first-order valence-corrected chi connectivity index (χ1v) is 10.5. The molecule has 0 saturated heterocycles. The van der Waals surface area contributed by atoms with Crippen LogP contribution in [0.4, 0.5) is 0 Å². The third-order valence-corrected chi connectivity index (χ3v) is 6.89. The van der Waals surface area contributed by atoms with Crippen molar-refractivity contribution in [2.75, 3.05) is 0 Å². The Morgan fingerprint density at radius 3 is 2.67 bits per heavy atom. The SMILES string of the molecule is CCCCCC(CC)C(C(=O)O)C(C)Sc1nc2ccccc2s1. The molecular weight excluding hydrogens is 338 g/mol. The van der Waals surface area contributed by atoms with E-state index in [0.717, 1.165) is 33.8 Å². The van der Waals surface area contributed by atoms with Crippen LogP contribution in [0.2, 0.25) is 0 Å². The summed E-state index contributed by atoms with van der Waals surface area (Å²) in [5.74, 6) is -0.741. The molecule has 1 heterocycles. The van der Waals surface area contributed by atoms with Gasteiger partial charge in [-0.1, -0.05) is 70.3 Å². The highest BCUT2D eigenvalue weighted by Gasteiger charge is 2.33. The number of unbranched alkanes of at least 4 members (excludes halogenated alkanes) is 2. The van der Waals surface area contributed by atoms with Gasteiger partial charge in [0.1, 0.15) is 0 Å². The van der Waals surface area contributed by atoms with Gasteiger partial charge in [0.05, 0.1) is 16.1 Å². The lowest BCUT2D eigenvalue weighted by Crippen LogP contribution is -2.31. The number of rotatable bonds is 10. The minimum Gasteiger partial charge on any atom is -0.481 e. The number of benzene rings is 1. The van der Waals surface area contributed by atoms with E-state index in [4.69, 9.17) is 0 Å². The first-order valence-electron chi connectivity index (χ1n) is 8.81. The number of aromatic nitrogens is 1. The van der Waals surface area contributed by atoms with Gasteiger partial charge in [-0.15, -0.1) is 11.3 Å². The number of hydrogen-bond acceptors (Lipinski definition) is 4. The van der Waals surface area contributed by atoms with Crippen molar-refractivity contribution in [2.24, 2.45) is 11.8 Å². The average Bonchev–Trinajstić information content (AvgIpc) is 2.95. The van der Waals surface area contributed by atoms with Crippen LogP contribution < -0.4 is 0 Å². The van der Waals surface area contributed by atoms with Crippen molar-refractivity contribution in [3.05, 3.63) is 24.3 Å². The zero-order chi connectivity index (χ0) is 17.5. The monoisotopic (exact) mass is 365 g/mol. The van der Waals surface area contributed by atoms with Crippen LogP contribution in [0.15, 0.2) is 28.6 Å². The van der Waals surface area contributed by atoms with Crippen LogP contribution >= 0.6 is 23.1 Å². The Morgan fingerprint density at radius 2 is 2.04 bits per heavy atom. The number of thioether (sulfide) groups is 1. The van der Waals surface area contributed by atoms with Gasteiger partial charge < -0.3 is 5.11 Å². The number of carboxylic acid groups (broad SMARTS) is 1. The number of aliphatic carboxylic acids is 1. The molecule has 0 aliphatic rings. The second kappa shape index (κ2) is 9.42. The van der Waals surface area contributed by atoms with E-state index in [1.165, 1.54) is 12.8 Å². The summed E-state index contributed by atoms with van der Waals surface area (Å²) in [5, 5.41) is 9.81. The Bertz CT molecular complexity index is 623. The third kappa shape index (κ3) is 4.96. The third-order valence-electron chi connectivity index (χ3n) is 4.56. The van der Waals surface area contributed by atoms with Gasteiger partial charge in [0.15, 0.2) is 4.34 Å². The Morgan fingerprint density at radius 1 is 1.29 bits per heavy atom. The van der Waals surface area contributed by atoms with Gasteiger partial charge in [-0.25, -0.2) is 4.98 Å². The molecule has 132 valence electrons. The maximum atomic E-state index is 11.9. The van der Waals surface area contributed by atoms with Gasteiger partial charge in [-0.05, 0) is 24.5 Å². The van der Waals surface area contributed by atoms with Gasteiger partial charge in [0.2, 0.25) is 0 Å². The molecule has 3 atom stereocenters. The highest BCUT2D eigenvalue weighted by Crippen LogP contribution is 2.38. The molecule has 0 aliphatic heterocycles. The fourth-order valence-corrected chi connectivity index (χ4v) is 5.78. The van der Waals surface area contributed by atoms with Crippen LogP contribution in [0, 0.1) is 11.8 Å². The van der Waals surface area contributed by atoms with E-state index >= 15 is 0 Å². The lowest BCUT2D eigenvalue weighted by Gasteiger charge is -2.27. The summed E-state index contributed by atoms with van der Waals surface area (Å²) in [6.07, 6.45) is 5.40. The van der Waals surface area contributed by atoms with Crippen LogP contribution in [-0.2, 0) is 4.79 Å². The normalized spacial score (nSPS) is 15.3. The maximum Gasteiger partial charge on any atom is 0.307 e. The molecule has 0 saturated carbocycles. The molecule has 1 aromatic carbocycles. The van der Waals surface area contributed by atoms with E-state index in [-0.39, 0.29) is 17.1 Å².